The second-order valence-electron chi connectivity index (χ2n) is 8.43. The molecule has 0 aromatic rings. The number of rotatable bonds is 18. The van der Waals surface area contributed by atoms with E-state index in [1.54, 1.807) is 13.8 Å². The first-order chi connectivity index (χ1) is 12.3. The monoisotopic (exact) mass is 391 g/mol. The highest BCUT2D eigenvalue weighted by atomic mass is 32.2. The Kier molecular flexibility index (Phi) is 14.8. The van der Waals surface area contributed by atoms with Crippen molar-refractivity contribution >= 4 is 10.1 Å². The van der Waals surface area contributed by atoms with Crippen LogP contribution >= 0.6 is 0 Å². The highest BCUT2D eigenvalue weighted by Crippen LogP contribution is 2.29. The quantitative estimate of drug-likeness (QED) is 0.262. The fraction of sp³-hybridized carbons (Fsp3) is 1.00. The zero-order valence-electron chi connectivity index (χ0n) is 17.7. The van der Waals surface area contributed by atoms with Gasteiger partial charge in [0.25, 0.3) is 0 Å². The van der Waals surface area contributed by atoms with Gasteiger partial charge in [-0.15, -0.1) is 0 Å². The number of hydrogen-bond donors (Lipinski definition) is 1. The smallest absolute Gasteiger partial charge is 0.100 e. The summed E-state index contributed by atoms with van der Waals surface area (Å²) in [5, 5.41) is 0. The number of unbranched alkanes of at least 4 members (excludes halogenated alkanes) is 13. The summed E-state index contributed by atoms with van der Waals surface area (Å²) in [7, 11) is -4.27. The van der Waals surface area contributed by atoms with Crippen LogP contribution in [0.2, 0.25) is 0 Å². The van der Waals surface area contributed by atoms with E-state index in [-0.39, 0.29) is 5.92 Å². The lowest BCUT2D eigenvalue weighted by Crippen LogP contribution is -2.59. The van der Waals surface area contributed by atoms with E-state index >= 15 is 0 Å². The lowest BCUT2D eigenvalue weighted by atomic mass is 9.89. The van der Waals surface area contributed by atoms with E-state index in [0.717, 1.165) is 19.3 Å². The molecule has 0 aliphatic carbocycles. The van der Waals surface area contributed by atoms with Crippen LogP contribution < -0.4 is 5.73 Å². The van der Waals surface area contributed by atoms with E-state index in [4.69, 9.17) is 0 Å². The molecule has 0 aromatic heterocycles. The van der Waals surface area contributed by atoms with E-state index in [9.17, 15) is 13.0 Å². The van der Waals surface area contributed by atoms with Gasteiger partial charge in [-0.25, -0.2) is 8.42 Å². The first-order valence-electron chi connectivity index (χ1n) is 11.0. The van der Waals surface area contributed by atoms with Crippen molar-refractivity contribution in [1.29, 1.82) is 0 Å². The van der Waals surface area contributed by atoms with Gasteiger partial charge in [0.1, 0.15) is 10.1 Å². The van der Waals surface area contributed by atoms with Gasteiger partial charge in [-0.1, -0.05) is 96.8 Å². The SMILES string of the molecule is CCCCCCCCCCCCCCCCC(C[NH3+])C(C)(C)S(=O)(=O)[O-]. The molecule has 0 fully saturated rings. The second-order valence-corrected chi connectivity index (χ2v) is 10.4. The van der Waals surface area contributed by atoms with Crippen LogP contribution in [0, 0.1) is 5.92 Å². The van der Waals surface area contributed by atoms with Crippen molar-refractivity contribution in [2.24, 2.45) is 5.92 Å². The highest BCUT2D eigenvalue weighted by Gasteiger charge is 2.35. The minimum absolute atomic E-state index is 0.137. The zero-order valence-corrected chi connectivity index (χ0v) is 18.5. The summed E-state index contributed by atoms with van der Waals surface area (Å²) in [6.45, 7) is 5.87. The van der Waals surface area contributed by atoms with Crippen LogP contribution in [0.1, 0.15) is 117 Å². The maximum Gasteiger partial charge on any atom is 0.100 e. The molecule has 0 saturated carbocycles. The van der Waals surface area contributed by atoms with Crippen LogP contribution in [0.5, 0.6) is 0 Å². The van der Waals surface area contributed by atoms with Gasteiger partial charge in [-0.2, -0.15) is 0 Å². The third kappa shape index (κ3) is 11.6. The maximum absolute atomic E-state index is 11.4. The van der Waals surface area contributed by atoms with Crippen molar-refractivity contribution in [2.45, 2.75) is 122 Å². The molecule has 3 N–H and O–H groups in total. The van der Waals surface area contributed by atoms with E-state index in [0.29, 0.717) is 6.54 Å². The molecule has 0 aliphatic rings. The van der Waals surface area contributed by atoms with Gasteiger partial charge >= 0.3 is 0 Å². The summed E-state index contributed by atoms with van der Waals surface area (Å²) in [5.41, 5.74) is 3.85. The van der Waals surface area contributed by atoms with Crippen LogP contribution in [0.3, 0.4) is 0 Å². The second kappa shape index (κ2) is 14.9. The van der Waals surface area contributed by atoms with Gasteiger partial charge in [-0.05, 0) is 20.3 Å². The van der Waals surface area contributed by atoms with E-state index < -0.39 is 14.9 Å². The molecule has 158 valence electrons. The van der Waals surface area contributed by atoms with Crippen LogP contribution in [0.4, 0.5) is 0 Å². The molecule has 1 unspecified atom stereocenters. The number of quaternary nitrogens is 1. The lowest BCUT2D eigenvalue weighted by molar-refractivity contribution is -0.381. The summed E-state index contributed by atoms with van der Waals surface area (Å²) in [4.78, 5) is 0. The predicted molar refractivity (Wildman–Crippen MR) is 110 cm³/mol. The van der Waals surface area contributed by atoms with E-state index in [1.165, 1.54) is 77.0 Å². The van der Waals surface area contributed by atoms with Gasteiger partial charge in [0, 0.05) is 5.92 Å². The molecule has 0 aliphatic heterocycles. The molecular formula is C21H45NO3S. The van der Waals surface area contributed by atoms with Gasteiger partial charge < -0.3 is 10.3 Å². The average Bonchev–Trinajstić information content (AvgIpc) is 2.57. The normalized spacial score (nSPS) is 13.9. The molecule has 0 bridgehead atoms. The molecule has 0 spiro atoms. The Morgan fingerprint density at radius 1 is 0.769 bits per heavy atom. The summed E-state index contributed by atoms with van der Waals surface area (Å²) in [6, 6.07) is 0. The summed E-state index contributed by atoms with van der Waals surface area (Å²) >= 11 is 0. The molecule has 26 heavy (non-hydrogen) atoms. The molecule has 4 nitrogen and oxygen atoms in total. The van der Waals surface area contributed by atoms with Crippen LogP contribution in [-0.4, -0.2) is 24.3 Å². The summed E-state index contributed by atoms with van der Waals surface area (Å²) < 4.78 is 33.1. The molecule has 0 radical (unpaired) electrons. The van der Waals surface area contributed by atoms with E-state index in [2.05, 4.69) is 12.7 Å². The van der Waals surface area contributed by atoms with Crippen molar-refractivity contribution in [2.75, 3.05) is 6.54 Å². The molecule has 1 atom stereocenters. The van der Waals surface area contributed by atoms with Crippen molar-refractivity contribution < 1.29 is 18.7 Å². The summed E-state index contributed by atoms with van der Waals surface area (Å²) in [5.74, 6) is -0.137. The molecule has 0 saturated heterocycles. The van der Waals surface area contributed by atoms with E-state index in [1.807, 2.05) is 0 Å². The van der Waals surface area contributed by atoms with Crippen molar-refractivity contribution in [3.05, 3.63) is 0 Å². The van der Waals surface area contributed by atoms with Crippen molar-refractivity contribution in [3.8, 4) is 0 Å². The van der Waals surface area contributed by atoms with Crippen molar-refractivity contribution in [3.63, 3.8) is 0 Å². The molecule has 0 aromatic carbocycles. The Morgan fingerprint density at radius 3 is 1.42 bits per heavy atom. The highest BCUT2D eigenvalue weighted by molar-refractivity contribution is 7.87. The Bertz CT molecular complexity index is 421. The third-order valence-corrected chi connectivity index (χ3v) is 7.50. The summed E-state index contributed by atoms with van der Waals surface area (Å²) in [6.07, 6.45) is 19.1. The average molecular weight is 392 g/mol. The molecular weight excluding hydrogens is 346 g/mol. The third-order valence-electron chi connectivity index (χ3n) is 5.88. The van der Waals surface area contributed by atoms with Crippen LogP contribution in [0.25, 0.3) is 0 Å². The van der Waals surface area contributed by atoms with Crippen LogP contribution in [-0.2, 0) is 10.1 Å². The lowest BCUT2D eigenvalue weighted by Gasteiger charge is -2.34. The first-order valence-corrected chi connectivity index (χ1v) is 12.4. The zero-order chi connectivity index (χ0) is 19.9. The molecule has 0 rings (SSSR count). The number of hydrogen-bond acceptors (Lipinski definition) is 3. The minimum atomic E-state index is -4.27. The van der Waals surface area contributed by atoms with Gasteiger partial charge in [0.05, 0.1) is 11.3 Å². The molecule has 0 amide bonds. The first kappa shape index (κ1) is 25.9. The Balaban J connectivity index is 3.56. The molecule has 0 heterocycles. The van der Waals surface area contributed by atoms with Crippen molar-refractivity contribution in [1.82, 2.24) is 0 Å². The standard InChI is InChI=1S/C21H45NO3S/c1-4-5-6-7-8-9-10-11-12-13-14-15-16-17-18-20(19-22)21(2,3)26(23,24)25/h20H,4-19,22H2,1-3H3,(H,23,24,25). The Hall–Kier alpha value is -0.130. The molecule has 5 heteroatoms. The van der Waals surface area contributed by atoms with Gasteiger partial charge in [0.15, 0.2) is 0 Å². The van der Waals surface area contributed by atoms with Gasteiger partial charge in [-0.3, -0.25) is 0 Å². The topological polar surface area (TPSA) is 84.8 Å². The fourth-order valence-electron chi connectivity index (χ4n) is 3.63. The maximum atomic E-state index is 11.4. The minimum Gasteiger partial charge on any atom is -0.748 e. The Morgan fingerprint density at radius 2 is 1.12 bits per heavy atom. The Labute approximate surface area is 163 Å². The van der Waals surface area contributed by atoms with Crippen LogP contribution in [0.15, 0.2) is 0 Å². The van der Waals surface area contributed by atoms with Gasteiger partial charge in [0.2, 0.25) is 0 Å². The largest absolute Gasteiger partial charge is 0.748 e. The fourth-order valence-corrected chi connectivity index (χ4v) is 4.27. The predicted octanol–water partition coefficient (Wildman–Crippen LogP) is 5.04.